The van der Waals surface area contributed by atoms with Gasteiger partial charge in [-0.25, -0.2) is 0 Å². The molecule has 10 rings (SSSR count). The Morgan fingerprint density at radius 1 is 0.367 bits per heavy atom. The molecule has 0 heterocycles. The van der Waals surface area contributed by atoms with Crippen molar-refractivity contribution in [2.45, 2.75) is 38.5 Å². The summed E-state index contributed by atoms with van der Waals surface area (Å²) in [6.07, 6.45) is 0. The Hall–Kier alpha value is -5.66. The van der Waals surface area contributed by atoms with E-state index < -0.39 is 0 Å². The molecular formula is C48H37N. The average molecular weight is 628 g/mol. The van der Waals surface area contributed by atoms with Crippen molar-refractivity contribution >= 4 is 49.4 Å². The summed E-state index contributed by atoms with van der Waals surface area (Å²) >= 11 is 0. The van der Waals surface area contributed by atoms with Gasteiger partial charge >= 0.3 is 0 Å². The number of fused-ring (bicyclic) bond motifs is 11. The largest absolute Gasteiger partial charge is 0.309 e. The summed E-state index contributed by atoms with van der Waals surface area (Å²) in [4.78, 5) is 2.56. The predicted molar refractivity (Wildman–Crippen MR) is 209 cm³/mol. The Balaban J connectivity index is 1.31. The molecule has 0 aromatic heterocycles. The smallest absolute Gasteiger partial charge is 0.0543 e. The maximum absolute atomic E-state index is 2.56. The van der Waals surface area contributed by atoms with Gasteiger partial charge in [-0.05, 0) is 90.0 Å². The highest BCUT2D eigenvalue weighted by atomic mass is 15.1. The summed E-state index contributed by atoms with van der Waals surface area (Å²) in [7, 11) is 0. The second kappa shape index (κ2) is 9.94. The third-order valence-corrected chi connectivity index (χ3v) is 11.6. The minimum atomic E-state index is -0.0958. The first-order chi connectivity index (χ1) is 23.8. The first kappa shape index (κ1) is 28.4. The van der Waals surface area contributed by atoms with Crippen molar-refractivity contribution < 1.29 is 0 Å². The van der Waals surface area contributed by atoms with Crippen molar-refractivity contribution in [3.8, 4) is 22.3 Å². The van der Waals surface area contributed by atoms with Crippen LogP contribution in [0.5, 0.6) is 0 Å². The van der Waals surface area contributed by atoms with E-state index in [1.165, 1.54) is 93.9 Å². The van der Waals surface area contributed by atoms with E-state index in [0.29, 0.717) is 0 Å². The van der Waals surface area contributed by atoms with Gasteiger partial charge in [-0.1, -0.05) is 155 Å². The molecule has 0 amide bonds. The van der Waals surface area contributed by atoms with Crippen molar-refractivity contribution in [1.29, 1.82) is 0 Å². The summed E-state index contributed by atoms with van der Waals surface area (Å²) in [5, 5.41) is 7.67. The third kappa shape index (κ3) is 3.82. The second-order valence-corrected chi connectivity index (χ2v) is 14.9. The fourth-order valence-electron chi connectivity index (χ4n) is 9.20. The van der Waals surface area contributed by atoms with Crippen LogP contribution in [-0.4, -0.2) is 0 Å². The molecule has 0 saturated carbocycles. The molecule has 8 aromatic carbocycles. The van der Waals surface area contributed by atoms with E-state index in [-0.39, 0.29) is 10.8 Å². The highest BCUT2D eigenvalue weighted by molar-refractivity contribution is 6.18. The first-order valence-corrected chi connectivity index (χ1v) is 17.5. The van der Waals surface area contributed by atoms with Gasteiger partial charge in [-0.15, -0.1) is 0 Å². The molecule has 2 aliphatic rings. The predicted octanol–water partition coefficient (Wildman–Crippen LogP) is 13.2. The number of hydrogen-bond acceptors (Lipinski definition) is 1. The molecule has 1 heteroatoms. The van der Waals surface area contributed by atoms with Gasteiger partial charge in [0.1, 0.15) is 0 Å². The Morgan fingerprint density at radius 2 is 0.837 bits per heavy atom. The Labute approximate surface area is 288 Å². The highest BCUT2D eigenvalue weighted by Gasteiger charge is 2.40. The van der Waals surface area contributed by atoms with Gasteiger partial charge in [0.15, 0.2) is 0 Å². The quantitative estimate of drug-likeness (QED) is 0.176. The van der Waals surface area contributed by atoms with Crippen LogP contribution in [0.3, 0.4) is 0 Å². The van der Waals surface area contributed by atoms with E-state index in [4.69, 9.17) is 0 Å². The van der Waals surface area contributed by atoms with E-state index >= 15 is 0 Å². The lowest BCUT2D eigenvalue weighted by molar-refractivity contribution is 0.660. The topological polar surface area (TPSA) is 3.24 Å². The summed E-state index contributed by atoms with van der Waals surface area (Å²) in [6, 6.07) is 56.9. The van der Waals surface area contributed by atoms with Crippen molar-refractivity contribution in [3.05, 3.63) is 174 Å². The summed E-state index contributed by atoms with van der Waals surface area (Å²) < 4.78 is 0. The highest BCUT2D eigenvalue weighted by Crippen LogP contribution is 2.58. The molecule has 0 radical (unpaired) electrons. The zero-order valence-electron chi connectivity index (χ0n) is 28.4. The maximum atomic E-state index is 2.56. The number of rotatable bonds is 3. The van der Waals surface area contributed by atoms with Crippen molar-refractivity contribution in [1.82, 2.24) is 0 Å². The van der Waals surface area contributed by atoms with Crippen molar-refractivity contribution in [2.24, 2.45) is 0 Å². The zero-order valence-corrected chi connectivity index (χ0v) is 28.4. The Kier molecular flexibility index (Phi) is 5.75. The Bertz CT molecular complexity index is 2570. The van der Waals surface area contributed by atoms with Gasteiger partial charge in [0.05, 0.1) is 11.4 Å². The molecule has 49 heavy (non-hydrogen) atoms. The van der Waals surface area contributed by atoms with Crippen LogP contribution in [0, 0.1) is 0 Å². The number of nitrogens with zero attached hydrogens (tertiary/aromatic N) is 1. The normalized spacial score (nSPS) is 14.9. The average Bonchev–Trinajstić information content (AvgIpc) is 3.52. The van der Waals surface area contributed by atoms with Gasteiger partial charge in [0.2, 0.25) is 0 Å². The van der Waals surface area contributed by atoms with Crippen LogP contribution in [0.4, 0.5) is 17.1 Å². The summed E-state index contributed by atoms with van der Waals surface area (Å²) in [5.74, 6) is 0. The molecule has 0 N–H and O–H groups in total. The molecule has 2 aliphatic carbocycles. The molecule has 0 aliphatic heterocycles. The van der Waals surface area contributed by atoms with Gasteiger partial charge in [0, 0.05) is 27.6 Å². The maximum Gasteiger partial charge on any atom is 0.0543 e. The van der Waals surface area contributed by atoms with Gasteiger partial charge < -0.3 is 4.90 Å². The molecule has 0 unspecified atom stereocenters. The molecule has 1 nitrogen and oxygen atoms in total. The van der Waals surface area contributed by atoms with Crippen LogP contribution in [0.1, 0.15) is 49.9 Å². The summed E-state index contributed by atoms with van der Waals surface area (Å²) in [6.45, 7) is 9.49. The van der Waals surface area contributed by atoms with Crippen molar-refractivity contribution in [2.75, 3.05) is 4.90 Å². The molecular weight excluding hydrogens is 591 g/mol. The van der Waals surface area contributed by atoms with Crippen LogP contribution in [0.15, 0.2) is 152 Å². The van der Waals surface area contributed by atoms with Gasteiger partial charge in [0.25, 0.3) is 0 Å². The lowest BCUT2D eigenvalue weighted by Crippen LogP contribution is -2.17. The standard InChI is InChI=1S/C48H37N/c1-47(2)39-17-9-7-15-36(39)45-41(47)19-11-21-43(45)49(44-22-12-20-42-46(44)37-16-8-10-18-40(37)48(42,3)4)32-26-23-31-25-27-34-33-14-6-5-13-30(33)24-28-35(34)38(31)29-32/h5-29H,1-4H3. The van der Waals surface area contributed by atoms with Gasteiger partial charge in [-0.3, -0.25) is 0 Å². The fraction of sp³-hybridized carbons (Fsp3) is 0.125. The molecule has 0 atom stereocenters. The van der Waals surface area contributed by atoms with Crippen LogP contribution < -0.4 is 4.90 Å². The lowest BCUT2D eigenvalue weighted by atomic mass is 9.82. The van der Waals surface area contributed by atoms with E-state index in [2.05, 4.69) is 184 Å². The minimum Gasteiger partial charge on any atom is -0.309 e. The molecule has 0 bridgehead atoms. The molecule has 0 fully saturated rings. The molecule has 234 valence electrons. The van der Waals surface area contributed by atoms with E-state index in [1.807, 2.05) is 0 Å². The van der Waals surface area contributed by atoms with Crippen LogP contribution in [0.25, 0.3) is 54.6 Å². The van der Waals surface area contributed by atoms with E-state index in [0.717, 1.165) is 0 Å². The van der Waals surface area contributed by atoms with Gasteiger partial charge in [-0.2, -0.15) is 0 Å². The number of anilines is 3. The monoisotopic (exact) mass is 627 g/mol. The molecule has 0 saturated heterocycles. The fourth-order valence-corrected chi connectivity index (χ4v) is 9.20. The summed E-state index contributed by atoms with van der Waals surface area (Å²) in [5.41, 5.74) is 14.3. The van der Waals surface area contributed by atoms with E-state index in [9.17, 15) is 0 Å². The SMILES string of the molecule is CC1(C)c2ccccc2-c2c(N(c3ccc4ccc5c6ccccc6ccc5c4c3)c3cccc4c3-c3ccccc3C4(C)C)cccc21. The molecule has 8 aromatic rings. The first-order valence-electron chi connectivity index (χ1n) is 17.5. The van der Waals surface area contributed by atoms with Crippen LogP contribution in [-0.2, 0) is 10.8 Å². The number of hydrogen-bond donors (Lipinski definition) is 0. The van der Waals surface area contributed by atoms with Crippen molar-refractivity contribution in [3.63, 3.8) is 0 Å². The zero-order chi connectivity index (χ0) is 33.1. The van der Waals surface area contributed by atoms with Crippen LogP contribution >= 0.6 is 0 Å². The third-order valence-electron chi connectivity index (χ3n) is 11.6. The number of benzene rings is 8. The van der Waals surface area contributed by atoms with E-state index in [1.54, 1.807) is 0 Å². The minimum absolute atomic E-state index is 0.0958. The second-order valence-electron chi connectivity index (χ2n) is 14.9. The Morgan fingerprint density at radius 3 is 1.45 bits per heavy atom. The lowest BCUT2D eigenvalue weighted by Gasteiger charge is -2.31. The van der Waals surface area contributed by atoms with Crippen LogP contribution in [0.2, 0.25) is 0 Å². The molecule has 0 spiro atoms.